The van der Waals surface area contributed by atoms with Crippen LogP contribution in [-0.2, 0) is 19.1 Å². The first kappa shape index (κ1) is 18.0. The van der Waals surface area contributed by atoms with Gasteiger partial charge in [-0.2, -0.15) is 0 Å². The van der Waals surface area contributed by atoms with E-state index in [1.807, 2.05) is 20.8 Å². The van der Waals surface area contributed by atoms with Crippen LogP contribution in [0.1, 0.15) is 27.7 Å². The Morgan fingerprint density at radius 2 is 2.05 bits per heavy atom. The van der Waals surface area contributed by atoms with Gasteiger partial charge in [0.05, 0.1) is 12.1 Å². The monoisotopic (exact) mass is 313 g/mol. The predicted molar refractivity (Wildman–Crippen MR) is 78.7 cm³/mol. The van der Waals surface area contributed by atoms with Gasteiger partial charge >= 0.3 is 5.97 Å². The predicted octanol–water partition coefficient (Wildman–Crippen LogP) is -0.557. The van der Waals surface area contributed by atoms with Gasteiger partial charge in [0, 0.05) is 19.5 Å². The highest BCUT2D eigenvalue weighted by molar-refractivity contribution is 5.88. The van der Waals surface area contributed by atoms with Crippen LogP contribution in [0.4, 0.5) is 0 Å². The summed E-state index contributed by atoms with van der Waals surface area (Å²) in [7, 11) is 0. The molecule has 0 bridgehead atoms. The van der Waals surface area contributed by atoms with Crippen LogP contribution in [0.3, 0.4) is 0 Å². The fourth-order valence-corrected chi connectivity index (χ4v) is 2.40. The first-order valence-corrected chi connectivity index (χ1v) is 7.14. The molecule has 0 aliphatic carbocycles. The normalized spacial score (nSPS) is 24.3. The standard InChI is InChI=1S/C14H23N3O5/c1-5-17(7(2)3)13(19)12-11(16-8(4)18)9(15)6-10(22-12)14(20)21/h6-7,9,11-12H,5,15H2,1-4H3,(H,16,18)(H,20,21)/t9-,11+,12+/m0/s1. The van der Waals surface area contributed by atoms with Gasteiger partial charge in [-0.15, -0.1) is 0 Å². The van der Waals surface area contributed by atoms with Crippen molar-refractivity contribution in [2.45, 2.75) is 51.9 Å². The number of rotatable bonds is 5. The average molecular weight is 313 g/mol. The van der Waals surface area contributed by atoms with Gasteiger partial charge in [0.25, 0.3) is 5.91 Å². The molecule has 8 nitrogen and oxygen atoms in total. The van der Waals surface area contributed by atoms with Crippen molar-refractivity contribution in [2.75, 3.05) is 6.54 Å². The van der Waals surface area contributed by atoms with Crippen molar-refractivity contribution in [3.05, 3.63) is 11.8 Å². The van der Waals surface area contributed by atoms with Crippen molar-refractivity contribution >= 4 is 17.8 Å². The molecule has 22 heavy (non-hydrogen) atoms. The second-order valence-electron chi connectivity index (χ2n) is 5.40. The number of hydrogen-bond acceptors (Lipinski definition) is 5. The van der Waals surface area contributed by atoms with Crippen LogP contribution in [0, 0.1) is 0 Å². The molecular formula is C14H23N3O5. The van der Waals surface area contributed by atoms with Crippen LogP contribution in [0.15, 0.2) is 11.8 Å². The zero-order chi connectivity index (χ0) is 17.0. The number of amides is 2. The van der Waals surface area contributed by atoms with Crippen molar-refractivity contribution in [2.24, 2.45) is 5.73 Å². The average Bonchev–Trinajstić information content (AvgIpc) is 2.40. The first-order chi connectivity index (χ1) is 10.2. The molecule has 1 aliphatic heterocycles. The Morgan fingerprint density at radius 1 is 1.45 bits per heavy atom. The maximum Gasteiger partial charge on any atom is 0.370 e. The lowest BCUT2D eigenvalue weighted by Gasteiger charge is -2.37. The number of aliphatic carboxylic acids is 1. The Morgan fingerprint density at radius 3 is 2.45 bits per heavy atom. The number of hydrogen-bond donors (Lipinski definition) is 3. The van der Waals surface area contributed by atoms with Gasteiger partial charge in [-0.25, -0.2) is 4.79 Å². The summed E-state index contributed by atoms with van der Waals surface area (Å²) in [6.45, 7) is 7.22. The number of likely N-dealkylation sites (N-methyl/N-ethyl adjacent to an activating group) is 1. The number of carbonyl (C=O) groups is 3. The minimum Gasteiger partial charge on any atom is -0.475 e. The summed E-state index contributed by atoms with van der Waals surface area (Å²) >= 11 is 0. The molecule has 0 aromatic carbocycles. The highest BCUT2D eigenvalue weighted by Crippen LogP contribution is 2.20. The van der Waals surface area contributed by atoms with Gasteiger partial charge in [-0.3, -0.25) is 9.59 Å². The highest BCUT2D eigenvalue weighted by atomic mass is 16.5. The molecule has 3 atom stereocenters. The number of ether oxygens (including phenoxy) is 1. The number of carbonyl (C=O) groups excluding carboxylic acids is 2. The summed E-state index contributed by atoms with van der Waals surface area (Å²) in [6.07, 6.45) is 0.0237. The zero-order valence-corrected chi connectivity index (χ0v) is 13.2. The smallest absolute Gasteiger partial charge is 0.370 e. The molecule has 0 spiro atoms. The molecule has 0 fully saturated rings. The highest BCUT2D eigenvalue weighted by Gasteiger charge is 2.42. The molecule has 0 unspecified atom stereocenters. The van der Waals surface area contributed by atoms with Gasteiger partial charge < -0.3 is 25.8 Å². The Kier molecular flexibility index (Phi) is 5.92. The van der Waals surface area contributed by atoms with Crippen LogP contribution in [0.2, 0.25) is 0 Å². The maximum absolute atomic E-state index is 12.7. The largest absolute Gasteiger partial charge is 0.475 e. The van der Waals surface area contributed by atoms with E-state index >= 15 is 0 Å². The molecule has 1 aliphatic rings. The van der Waals surface area contributed by atoms with Crippen LogP contribution < -0.4 is 11.1 Å². The Bertz CT molecular complexity index is 489. The summed E-state index contributed by atoms with van der Waals surface area (Å²) < 4.78 is 5.30. The number of carboxylic acids is 1. The molecule has 1 heterocycles. The van der Waals surface area contributed by atoms with Crippen molar-refractivity contribution in [3.63, 3.8) is 0 Å². The van der Waals surface area contributed by atoms with E-state index < -0.39 is 30.1 Å². The molecule has 0 saturated carbocycles. The number of carboxylic acid groups (broad SMARTS) is 1. The number of nitrogens with two attached hydrogens (primary N) is 1. The van der Waals surface area contributed by atoms with Crippen molar-refractivity contribution < 1.29 is 24.2 Å². The molecule has 2 amide bonds. The van der Waals surface area contributed by atoms with E-state index in [2.05, 4.69) is 5.32 Å². The summed E-state index contributed by atoms with van der Waals surface area (Å²) in [5.41, 5.74) is 5.90. The van der Waals surface area contributed by atoms with E-state index in [1.54, 1.807) is 0 Å². The van der Waals surface area contributed by atoms with Gasteiger partial charge in [-0.05, 0) is 26.8 Å². The van der Waals surface area contributed by atoms with E-state index in [4.69, 9.17) is 15.6 Å². The fourth-order valence-electron chi connectivity index (χ4n) is 2.40. The summed E-state index contributed by atoms with van der Waals surface area (Å²) in [5, 5.41) is 11.6. The minimum absolute atomic E-state index is 0.0884. The van der Waals surface area contributed by atoms with E-state index in [0.717, 1.165) is 0 Å². The summed E-state index contributed by atoms with van der Waals surface area (Å²) in [4.78, 5) is 36.6. The molecule has 124 valence electrons. The lowest BCUT2D eigenvalue weighted by Crippen LogP contribution is -2.61. The molecule has 1 rings (SSSR count). The molecular weight excluding hydrogens is 290 g/mol. The zero-order valence-electron chi connectivity index (χ0n) is 13.2. The van der Waals surface area contributed by atoms with E-state index in [1.165, 1.54) is 17.9 Å². The molecule has 0 saturated heterocycles. The van der Waals surface area contributed by atoms with Crippen molar-refractivity contribution in [1.82, 2.24) is 10.2 Å². The third-order valence-corrected chi connectivity index (χ3v) is 3.41. The van der Waals surface area contributed by atoms with Crippen LogP contribution in [0.5, 0.6) is 0 Å². The topological polar surface area (TPSA) is 122 Å². The number of nitrogens with zero attached hydrogens (tertiary/aromatic N) is 1. The Balaban J connectivity index is 3.14. The molecule has 0 aromatic rings. The molecule has 0 aromatic heterocycles. The lowest BCUT2D eigenvalue weighted by atomic mass is 9.97. The minimum atomic E-state index is -1.30. The van der Waals surface area contributed by atoms with Gasteiger partial charge in [0.2, 0.25) is 11.7 Å². The maximum atomic E-state index is 12.7. The molecule has 4 N–H and O–H groups in total. The van der Waals surface area contributed by atoms with Gasteiger partial charge in [-0.1, -0.05) is 0 Å². The number of nitrogens with one attached hydrogen (secondary N) is 1. The lowest BCUT2D eigenvalue weighted by molar-refractivity contribution is -0.150. The third-order valence-electron chi connectivity index (χ3n) is 3.41. The molecule has 8 heteroatoms. The van der Waals surface area contributed by atoms with Crippen LogP contribution in [0.25, 0.3) is 0 Å². The van der Waals surface area contributed by atoms with Crippen molar-refractivity contribution in [3.8, 4) is 0 Å². The van der Waals surface area contributed by atoms with Gasteiger partial charge in [0.1, 0.15) is 0 Å². The SMILES string of the molecule is CCN(C(=O)[C@@H]1OC(C(=O)O)=C[C@H](N)[C@H]1NC(C)=O)C(C)C. The van der Waals surface area contributed by atoms with Crippen molar-refractivity contribution in [1.29, 1.82) is 0 Å². The second kappa shape index (κ2) is 7.26. The fraction of sp³-hybridized carbons (Fsp3) is 0.643. The van der Waals surface area contributed by atoms with E-state index in [9.17, 15) is 14.4 Å². The molecule has 0 radical (unpaired) electrons. The summed E-state index contributed by atoms with van der Waals surface area (Å²) in [5.74, 6) is -2.46. The summed E-state index contributed by atoms with van der Waals surface area (Å²) in [6, 6.07) is -1.74. The van der Waals surface area contributed by atoms with E-state index in [-0.39, 0.29) is 17.7 Å². The Labute approximate surface area is 129 Å². The van der Waals surface area contributed by atoms with E-state index in [0.29, 0.717) is 6.54 Å². The second-order valence-corrected chi connectivity index (χ2v) is 5.40. The van der Waals surface area contributed by atoms with Crippen LogP contribution >= 0.6 is 0 Å². The quantitative estimate of drug-likeness (QED) is 0.625. The first-order valence-electron chi connectivity index (χ1n) is 7.14. The van der Waals surface area contributed by atoms with Gasteiger partial charge in [0.15, 0.2) is 6.10 Å². The van der Waals surface area contributed by atoms with Crippen LogP contribution in [-0.4, -0.2) is 58.6 Å². The third kappa shape index (κ3) is 3.97. The Hall–Kier alpha value is -2.09.